The van der Waals surface area contributed by atoms with E-state index in [-0.39, 0.29) is 12.5 Å². The highest BCUT2D eigenvalue weighted by Gasteiger charge is 2.24. The van der Waals surface area contributed by atoms with Crippen LogP contribution in [0.2, 0.25) is 0 Å². The molecule has 0 aliphatic carbocycles. The Morgan fingerprint density at radius 3 is 2.33 bits per heavy atom. The molecule has 120 valence electrons. The highest BCUT2D eigenvalue weighted by Crippen LogP contribution is 2.20. The van der Waals surface area contributed by atoms with E-state index in [2.05, 4.69) is 36.0 Å². The minimum absolute atomic E-state index is 0.168. The number of likely N-dealkylation sites (tertiary alicyclic amines) is 2. The molecule has 2 fully saturated rings. The molecule has 0 bridgehead atoms. The maximum Gasteiger partial charge on any atom is 0.244 e. The van der Waals surface area contributed by atoms with Crippen molar-refractivity contribution >= 4 is 11.9 Å². The van der Waals surface area contributed by atoms with Gasteiger partial charge >= 0.3 is 0 Å². The summed E-state index contributed by atoms with van der Waals surface area (Å²) < 4.78 is 0. The second-order valence-corrected chi connectivity index (χ2v) is 6.61. The number of carbonyl (C=O) groups is 1. The van der Waals surface area contributed by atoms with Crippen LogP contribution < -0.4 is 5.32 Å². The molecule has 2 saturated heterocycles. The molecule has 2 unspecified atom stereocenters. The molecule has 2 heterocycles. The Kier molecular flexibility index (Phi) is 5.88. The van der Waals surface area contributed by atoms with Crippen molar-refractivity contribution in [2.75, 3.05) is 39.3 Å². The van der Waals surface area contributed by atoms with Crippen molar-refractivity contribution in [1.82, 2.24) is 15.1 Å². The van der Waals surface area contributed by atoms with Crippen LogP contribution >= 0.6 is 0 Å². The number of nitrogens with zero attached hydrogens (tertiary/aromatic N) is 3. The SMILES string of the molecule is CCNC(=NCC(=O)N1CCCC1)N1CC(C)CC(C)C1. The monoisotopic (exact) mass is 294 g/mol. The molecule has 1 N–H and O–H groups in total. The number of nitrogens with one attached hydrogen (secondary N) is 1. The van der Waals surface area contributed by atoms with Gasteiger partial charge in [-0.25, -0.2) is 4.99 Å². The smallest absolute Gasteiger partial charge is 0.244 e. The van der Waals surface area contributed by atoms with Crippen LogP contribution in [0.5, 0.6) is 0 Å². The molecule has 2 aliphatic rings. The molecule has 0 radical (unpaired) electrons. The Bertz CT molecular complexity index is 366. The average molecular weight is 294 g/mol. The maximum atomic E-state index is 12.1. The van der Waals surface area contributed by atoms with Gasteiger partial charge in [0.2, 0.25) is 5.91 Å². The second kappa shape index (κ2) is 7.66. The topological polar surface area (TPSA) is 47.9 Å². The lowest BCUT2D eigenvalue weighted by molar-refractivity contribution is -0.128. The molecule has 5 nitrogen and oxygen atoms in total. The van der Waals surface area contributed by atoms with Gasteiger partial charge in [0.1, 0.15) is 6.54 Å². The van der Waals surface area contributed by atoms with Crippen LogP contribution in [0.3, 0.4) is 0 Å². The number of carbonyl (C=O) groups excluding carboxylic acids is 1. The van der Waals surface area contributed by atoms with Crippen LogP contribution in [0.1, 0.15) is 40.0 Å². The molecule has 0 aromatic heterocycles. The Morgan fingerprint density at radius 1 is 1.14 bits per heavy atom. The summed E-state index contributed by atoms with van der Waals surface area (Å²) in [7, 11) is 0. The van der Waals surface area contributed by atoms with Gasteiger partial charge in [-0.2, -0.15) is 0 Å². The van der Waals surface area contributed by atoms with Crippen molar-refractivity contribution in [3.63, 3.8) is 0 Å². The number of rotatable bonds is 3. The fourth-order valence-electron chi connectivity index (χ4n) is 3.47. The van der Waals surface area contributed by atoms with Crippen LogP contribution in [-0.4, -0.2) is 60.9 Å². The molecule has 0 aromatic carbocycles. The largest absolute Gasteiger partial charge is 0.357 e. The van der Waals surface area contributed by atoms with E-state index in [1.165, 1.54) is 6.42 Å². The average Bonchev–Trinajstić information content (AvgIpc) is 2.96. The van der Waals surface area contributed by atoms with Crippen molar-refractivity contribution in [2.24, 2.45) is 16.8 Å². The fraction of sp³-hybridized carbons (Fsp3) is 0.875. The van der Waals surface area contributed by atoms with Gasteiger partial charge in [0.15, 0.2) is 5.96 Å². The van der Waals surface area contributed by atoms with Crippen molar-refractivity contribution in [2.45, 2.75) is 40.0 Å². The summed E-state index contributed by atoms with van der Waals surface area (Å²) in [4.78, 5) is 21.0. The molecule has 0 spiro atoms. The number of piperidine rings is 1. The van der Waals surface area contributed by atoms with Crippen molar-refractivity contribution < 1.29 is 4.79 Å². The first-order valence-electron chi connectivity index (χ1n) is 8.41. The predicted octanol–water partition coefficient (Wildman–Crippen LogP) is 1.55. The van der Waals surface area contributed by atoms with E-state index in [1.807, 2.05) is 4.90 Å². The summed E-state index contributed by atoms with van der Waals surface area (Å²) in [5, 5.41) is 3.34. The first-order chi connectivity index (χ1) is 10.1. The Labute approximate surface area is 128 Å². The molecule has 0 aromatic rings. The molecular formula is C16H30N4O. The van der Waals surface area contributed by atoms with E-state index in [4.69, 9.17) is 0 Å². The molecule has 2 rings (SSSR count). The van der Waals surface area contributed by atoms with E-state index in [1.54, 1.807) is 0 Å². The normalized spacial score (nSPS) is 27.1. The van der Waals surface area contributed by atoms with Gasteiger partial charge in [-0.1, -0.05) is 13.8 Å². The Morgan fingerprint density at radius 2 is 1.76 bits per heavy atom. The third-order valence-corrected chi connectivity index (χ3v) is 4.33. The van der Waals surface area contributed by atoms with Crippen LogP contribution in [0.4, 0.5) is 0 Å². The highest BCUT2D eigenvalue weighted by molar-refractivity contribution is 5.85. The predicted molar refractivity (Wildman–Crippen MR) is 86.3 cm³/mol. The molecule has 1 amide bonds. The van der Waals surface area contributed by atoms with E-state index >= 15 is 0 Å². The minimum atomic E-state index is 0.168. The standard InChI is InChI=1S/C16H30N4O/c1-4-17-16(20-11-13(2)9-14(3)12-20)18-10-15(21)19-7-5-6-8-19/h13-14H,4-12H2,1-3H3,(H,17,18). The van der Waals surface area contributed by atoms with Gasteiger partial charge in [0, 0.05) is 32.7 Å². The summed E-state index contributed by atoms with van der Waals surface area (Å²) >= 11 is 0. The lowest BCUT2D eigenvalue weighted by Crippen LogP contribution is -2.48. The molecule has 2 atom stereocenters. The van der Waals surface area contributed by atoms with Crippen LogP contribution in [0.15, 0.2) is 4.99 Å². The van der Waals surface area contributed by atoms with E-state index in [0.717, 1.165) is 51.5 Å². The van der Waals surface area contributed by atoms with Crippen molar-refractivity contribution in [3.05, 3.63) is 0 Å². The van der Waals surface area contributed by atoms with Gasteiger partial charge in [0.05, 0.1) is 0 Å². The summed E-state index contributed by atoms with van der Waals surface area (Å²) in [6, 6.07) is 0. The summed E-state index contributed by atoms with van der Waals surface area (Å²) in [6.45, 7) is 11.7. The zero-order valence-corrected chi connectivity index (χ0v) is 13.8. The van der Waals surface area contributed by atoms with Crippen LogP contribution in [0.25, 0.3) is 0 Å². The van der Waals surface area contributed by atoms with E-state index in [9.17, 15) is 4.79 Å². The van der Waals surface area contributed by atoms with Crippen LogP contribution in [-0.2, 0) is 4.79 Å². The van der Waals surface area contributed by atoms with Gasteiger partial charge in [-0.05, 0) is 38.0 Å². The van der Waals surface area contributed by atoms with Gasteiger partial charge in [-0.15, -0.1) is 0 Å². The first kappa shape index (κ1) is 16.1. The molecule has 2 aliphatic heterocycles. The number of guanidine groups is 1. The lowest BCUT2D eigenvalue weighted by atomic mass is 9.92. The highest BCUT2D eigenvalue weighted by atomic mass is 16.2. The zero-order chi connectivity index (χ0) is 15.2. The van der Waals surface area contributed by atoms with Crippen LogP contribution in [0, 0.1) is 11.8 Å². The molecular weight excluding hydrogens is 264 g/mol. The van der Waals surface area contributed by atoms with Gasteiger partial charge in [-0.3, -0.25) is 4.79 Å². The second-order valence-electron chi connectivity index (χ2n) is 6.61. The van der Waals surface area contributed by atoms with E-state index in [0.29, 0.717) is 11.8 Å². The molecule has 0 saturated carbocycles. The third kappa shape index (κ3) is 4.61. The molecule has 5 heteroatoms. The summed E-state index contributed by atoms with van der Waals surface area (Å²) in [6.07, 6.45) is 3.55. The third-order valence-electron chi connectivity index (χ3n) is 4.33. The summed E-state index contributed by atoms with van der Waals surface area (Å²) in [5.41, 5.74) is 0. The quantitative estimate of drug-likeness (QED) is 0.635. The minimum Gasteiger partial charge on any atom is -0.357 e. The number of hydrogen-bond acceptors (Lipinski definition) is 2. The van der Waals surface area contributed by atoms with E-state index < -0.39 is 0 Å². The number of hydrogen-bond donors (Lipinski definition) is 1. The zero-order valence-electron chi connectivity index (χ0n) is 13.8. The van der Waals surface area contributed by atoms with Gasteiger partial charge in [0.25, 0.3) is 0 Å². The number of aliphatic imine (C=N–C) groups is 1. The molecule has 21 heavy (non-hydrogen) atoms. The summed E-state index contributed by atoms with van der Waals surface area (Å²) in [5.74, 6) is 2.45. The van der Waals surface area contributed by atoms with Crippen molar-refractivity contribution in [1.29, 1.82) is 0 Å². The van der Waals surface area contributed by atoms with Gasteiger partial charge < -0.3 is 15.1 Å². The Hall–Kier alpha value is -1.26. The Balaban J connectivity index is 1.96. The number of amides is 1. The first-order valence-corrected chi connectivity index (χ1v) is 8.41. The van der Waals surface area contributed by atoms with Crippen molar-refractivity contribution in [3.8, 4) is 0 Å². The maximum absolute atomic E-state index is 12.1. The lowest BCUT2D eigenvalue weighted by Gasteiger charge is -2.37. The fourth-order valence-corrected chi connectivity index (χ4v) is 3.47.